The van der Waals surface area contributed by atoms with E-state index >= 15 is 0 Å². The van der Waals surface area contributed by atoms with Crippen LogP contribution in [0.3, 0.4) is 0 Å². The van der Waals surface area contributed by atoms with Crippen molar-refractivity contribution < 1.29 is 28.0 Å². The number of carbonyl (C=O) groups excluding carboxylic acids is 1. The maximum atomic E-state index is 12.9. The average molecular weight is 290 g/mol. The Balaban J connectivity index is 3.28. The van der Waals surface area contributed by atoms with Gasteiger partial charge in [0, 0.05) is 6.07 Å². The molecule has 1 heterocycles. The van der Waals surface area contributed by atoms with Crippen LogP contribution in [0.1, 0.15) is 24.6 Å². The Kier molecular flexibility index (Phi) is 5.30. The highest BCUT2D eigenvalue weighted by Gasteiger charge is 2.28. The van der Waals surface area contributed by atoms with E-state index in [2.05, 4.69) is 14.5 Å². The van der Waals surface area contributed by atoms with E-state index in [-0.39, 0.29) is 6.61 Å². The Hall–Kier alpha value is -2.32. The van der Waals surface area contributed by atoms with E-state index in [4.69, 9.17) is 0 Å². The van der Waals surface area contributed by atoms with Crippen LogP contribution in [-0.2, 0) is 16.0 Å². The van der Waals surface area contributed by atoms with Crippen molar-refractivity contribution in [3.05, 3.63) is 27.4 Å². The Labute approximate surface area is 112 Å². The maximum Gasteiger partial charge on any atom is 0.406 e. The maximum absolute atomic E-state index is 12.9. The first kappa shape index (κ1) is 15.7. The van der Waals surface area contributed by atoms with Gasteiger partial charge in [0.25, 0.3) is 6.43 Å². The topological polar surface area (TPSA) is 91.6 Å². The second kappa shape index (κ2) is 6.73. The predicted molar refractivity (Wildman–Crippen MR) is 62.7 cm³/mol. The van der Waals surface area contributed by atoms with E-state index in [1.54, 1.807) is 6.92 Å². The monoisotopic (exact) mass is 290 g/mol. The van der Waals surface area contributed by atoms with Gasteiger partial charge in [0.1, 0.15) is 6.42 Å². The number of nitrogens with zero attached hydrogens (tertiary/aromatic N) is 2. The van der Waals surface area contributed by atoms with Crippen molar-refractivity contribution >= 4 is 11.8 Å². The second-order valence-corrected chi connectivity index (χ2v) is 3.59. The molecule has 0 saturated carbocycles. The summed E-state index contributed by atoms with van der Waals surface area (Å²) < 4.78 is 35.1. The normalized spacial score (nSPS) is 10.4. The first-order chi connectivity index (χ1) is 9.40. The smallest absolute Gasteiger partial charge is 0.406 e. The van der Waals surface area contributed by atoms with Crippen molar-refractivity contribution in [1.29, 1.82) is 0 Å². The fourth-order valence-corrected chi connectivity index (χ4v) is 1.50. The van der Waals surface area contributed by atoms with Crippen LogP contribution in [-0.4, -0.2) is 29.6 Å². The van der Waals surface area contributed by atoms with Gasteiger partial charge in [-0.25, -0.2) is 8.78 Å². The molecule has 0 amide bonds. The van der Waals surface area contributed by atoms with Crippen LogP contribution in [0.5, 0.6) is 5.75 Å². The molecule has 0 atom stereocenters. The van der Waals surface area contributed by atoms with Gasteiger partial charge in [0.05, 0.1) is 19.3 Å². The predicted octanol–water partition coefficient (Wildman–Crippen LogP) is 2.04. The number of rotatable bonds is 6. The average Bonchev–Trinajstić information content (AvgIpc) is 2.37. The van der Waals surface area contributed by atoms with Gasteiger partial charge in [-0.2, -0.15) is 0 Å². The zero-order chi connectivity index (χ0) is 15.3. The number of pyridine rings is 1. The first-order valence-electron chi connectivity index (χ1n) is 5.56. The van der Waals surface area contributed by atoms with Crippen LogP contribution in [0.15, 0.2) is 6.07 Å². The summed E-state index contributed by atoms with van der Waals surface area (Å²) in [5.74, 6) is -1.91. The first-order valence-corrected chi connectivity index (χ1v) is 5.56. The number of nitro groups is 1. The minimum Gasteiger partial charge on any atom is -0.489 e. The number of halogens is 2. The van der Waals surface area contributed by atoms with E-state index in [0.717, 1.165) is 13.2 Å². The molecule has 110 valence electrons. The fraction of sp³-hybridized carbons (Fsp3) is 0.455. The van der Waals surface area contributed by atoms with Crippen molar-refractivity contribution in [3.63, 3.8) is 0 Å². The summed E-state index contributed by atoms with van der Waals surface area (Å²) in [6.07, 6.45) is -3.51. The summed E-state index contributed by atoms with van der Waals surface area (Å²) in [7, 11) is 1.10. The third-order valence-corrected chi connectivity index (χ3v) is 2.33. The van der Waals surface area contributed by atoms with Crippen molar-refractivity contribution in [2.75, 3.05) is 13.7 Å². The van der Waals surface area contributed by atoms with Crippen LogP contribution in [0.4, 0.5) is 14.6 Å². The van der Waals surface area contributed by atoms with Crippen molar-refractivity contribution in [3.8, 4) is 5.75 Å². The largest absolute Gasteiger partial charge is 0.489 e. The van der Waals surface area contributed by atoms with Gasteiger partial charge < -0.3 is 19.6 Å². The fourth-order valence-electron chi connectivity index (χ4n) is 1.50. The van der Waals surface area contributed by atoms with Gasteiger partial charge >= 0.3 is 11.8 Å². The number of esters is 1. The van der Waals surface area contributed by atoms with Gasteiger partial charge in [-0.15, -0.1) is 0 Å². The third kappa shape index (κ3) is 3.59. The lowest BCUT2D eigenvalue weighted by Crippen LogP contribution is -2.12. The molecule has 0 aliphatic carbocycles. The van der Waals surface area contributed by atoms with Gasteiger partial charge in [0.15, 0.2) is 5.69 Å². The zero-order valence-corrected chi connectivity index (χ0v) is 10.8. The number of hydrogen-bond donors (Lipinski definition) is 0. The summed E-state index contributed by atoms with van der Waals surface area (Å²) in [6, 6.07) is 0.810. The molecule has 0 aliphatic heterocycles. The van der Waals surface area contributed by atoms with Crippen LogP contribution in [0.25, 0.3) is 0 Å². The molecule has 0 radical (unpaired) electrons. The molecule has 9 heteroatoms. The number of methoxy groups -OCH3 is 1. The highest BCUT2D eigenvalue weighted by molar-refractivity contribution is 5.72. The molecule has 7 nitrogen and oxygen atoms in total. The summed E-state index contributed by atoms with van der Waals surface area (Å²) >= 11 is 0. The third-order valence-electron chi connectivity index (χ3n) is 2.33. The Morgan fingerprint density at radius 1 is 1.55 bits per heavy atom. The van der Waals surface area contributed by atoms with E-state index < -0.39 is 46.6 Å². The standard InChI is InChI=1S/C11H12F2N2O5/c1-3-20-9(16)5-7-6(10(12)13)4-8(19-2)11(14-7)15(17)18/h4,10H,3,5H2,1-2H3. The number of ether oxygens (including phenoxy) is 2. The lowest BCUT2D eigenvalue weighted by molar-refractivity contribution is -0.390. The summed E-state index contributed by atoms with van der Waals surface area (Å²) in [5.41, 5.74) is -0.994. The molecular weight excluding hydrogens is 278 g/mol. The van der Waals surface area contributed by atoms with Gasteiger partial charge in [-0.3, -0.25) is 4.79 Å². The van der Waals surface area contributed by atoms with Gasteiger partial charge in [0.2, 0.25) is 5.75 Å². The molecule has 0 saturated heterocycles. The molecule has 0 aliphatic rings. The quantitative estimate of drug-likeness (QED) is 0.452. The van der Waals surface area contributed by atoms with E-state index in [1.807, 2.05) is 0 Å². The Morgan fingerprint density at radius 3 is 2.65 bits per heavy atom. The van der Waals surface area contributed by atoms with Crippen molar-refractivity contribution in [2.45, 2.75) is 19.8 Å². The number of alkyl halides is 2. The highest BCUT2D eigenvalue weighted by atomic mass is 19.3. The van der Waals surface area contributed by atoms with E-state index in [0.29, 0.717) is 0 Å². The molecular formula is C11H12F2N2O5. The molecule has 20 heavy (non-hydrogen) atoms. The summed E-state index contributed by atoms with van der Waals surface area (Å²) in [6.45, 7) is 1.62. The SMILES string of the molecule is CCOC(=O)Cc1nc([N+](=O)[O-])c(OC)cc1C(F)F. The molecule has 1 aromatic heterocycles. The number of aromatic nitrogens is 1. The molecule has 0 spiro atoms. The van der Waals surface area contributed by atoms with E-state index in [1.165, 1.54) is 0 Å². The van der Waals surface area contributed by atoms with Crippen LogP contribution >= 0.6 is 0 Å². The molecule has 0 unspecified atom stereocenters. The molecule has 0 N–H and O–H groups in total. The number of carbonyl (C=O) groups is 1. The lowest BCUT2D eigenvalue weighted by atomic mass is 10.1. The Bertz CT molecular complexity index is 522. The van der Waals surface area contributed by atoms with Gasteiger partial charge in [-0.05, 0) is 16.8 Å². The Morgan fingerprint density at radius 2 is 2.20 bits per heavy atom. The molecule has 1 rings (SSSR count). The zero-order valence-electron chi connectivity index (χ0n) is 10.8. The second-order valence-electron chi connectivity index (χ2n) is 3.59. The lowest BCUT2D eigenvalue weighted by Gasteiger charge is -2.08. The minimum absolute atomic E-state index is 0.0705. The van der Waals surface area contributed by atoms with Crippen molar-refractivity contribution in [2.24, 2.45) is 0 Å². The summed E-state index contributed by atoms with van der Waals surface area (Å²) in [5, 5.41) is 10.8. The van der Waals surface area contributed by atoms with Crippen molar-refractivity contribution in [1.82, 2.24) is 4.98 Å². The highest BCUT2D eigenvalue weighted by Crippen LogP contribution is 2.32. The van der Waals surface area contributed by atoms with Crippen LogP contribution < -0.4 is 4.74 Å². The molecule has 0 aromatic carbocycles. The van der Waals surface area contributed by atoms with Gasteiger partial charge in [-0.1, -0.05) is 0 Å². The summed E-state index contributed by atoms with van der Waals surface area (Å²) in [4.78, 5) is 24.7. The van der Waals surface area contributed by atoms with E-state index in [9.17, 15) is 23.7 Å². The number of hydrogen-bond acceptors (Lipinski definition) is 6. The van der Waals surface area contributed by atoms with Crippen LogP contribution in [0, 0.1) is 10.1 Å². The molecule has 1 aromatic rings. The minimum atomic E-state index is -2.94. The van der Waals surface area contributed by atoms with Crippen LogP contribution in [0.2, 0.25) is 0 Å². The molecule has 0 bridgehead atoms. The molecule has 0 fully saturated rings.